The Morgan fingerprint density at radius 3 is 2.57 bits per heavy atom. The zero-order valence-electron chi connectivity index (χ0n) is 17.9. The maximum absolute atomic E-state index is 14.6. The molecule has 30 heavy (non-hydrogen) atoms. The summed E-state index contributed by atoms with van der Waals surface area (Å²) in [7, 11) is 0. The van der Waals surface area contributed by atoms with Gasteiger partial charge in [0.2, 0.25) is 5.95 Å². The second-order valence-corrected chi connectivity index (χ2v) is 7.91. The highest BCUT2D eigenvalue weighted by Gasteiger charge is 2.18. The zero-order valence-corrected chi connectivity index (χ0v) is 17.9. The minimum atomic E-state index is -0.465. The molecule has 3 aromatic rings. The highest BCUT2D eigenvalue weighted by atomic mass is 19.1. The van der Waals surface area contributed by atoms with Gasteiger partial charge in [-0.05, 0) is 51.5 Å². The van der Waals surface area contributed by atoms with E-state index < -0.39 is 5.82 Å². The molecule has 7 nitrogen and oxygen atoms in total. The maximum Gasteiger partial charge on any atom is 0.227 e. The van der Waals surface area contributed by atoms with Crippen LogP contribution in [0.25, 0.3) is 11.4 Å². The summed E-state index contributed by atoms with van der Waals surface area (Å²) in [6, 6.07) is 6.35. The molecule has 2 aromatic heterocycles. The van der Waals surface area contributed by atoms with Gasteiger partial charge >= 0.3 is 0 Å². The quantitative estimate of drug-likeness (QED) is 0.667. The van der Waals surface area contributed by atoms with Gasteiger partial charge in [-0.15, -0.1) is 0 Å². The van der Waals surface area contributed by atoms with Crippen LogP contribution in [0.1, 0.15) is 31.3 Å². The fourth-order valence-electron chi connectivity index (χ4n) is 4.01. The van der Waals surface area contributed by atoms with E-state index in [-0.39, 0.29) is 11.7 Å². The van der Waals surface area contributed by atoms with Gasteiger partial charge in [0.05, 0.1) is 18.1 Å². The largest absolute Gasteiger partial charge is 0.369 e. The maximum atomic E-state index is 14.6. The third-order valence-electron chi connectivity index (χ3n) is 5.40. The molecule has 8 heteroatoms. The minimum Gasteiger partial charge on any atom is -0.369 e. The van der Waals surface area contributed by atoms with E-state index in [2.05, 4.69) is 49.5 Å². The molecule has 3 heterocycles. The number of anilines is 3. The smallest absolute Gasteiger partial charge is 0.227 e. The lowest BCUT2D eigenvalue weighted by molar-refractivity contribution is 0.578. The van der Waals surface area contributed by atoms with Crippen LogP contribution < -0.4 is 15.5 Å². The van der Waals surface area contributed by atoms with E-state index in [4.69, 9.17) is 0 Å². The third-order valence-corrected chi connectivity index (χ3v) is 5.40. The molecule has 0 bridgehead atoms. The van der Waals surface area contributed by atoms with Crippen LogP contribution in [0.4, 0.5) is 21.7 Å². The molecular formula is C22H28FN7. The van der Waals surface area contributed by atoms with Crippen molar-refractivity contribution in [3.8, 4) is 11.4 Å². The van der Waals surface area contributed by atoms with E-state index in [9.17, 15) is 4.39 Å². The summed E-state index contributed by atoms with van der Waals surface area (Å²) in [5.41, 5.74) is 4.18. The van der Waals surface area contributed by atoms with Crippen molar-refractivity contribution < 1.29 is 4.39 Å². The molecule has 1 aliphatic rings. The molecule has 158 valence electrons. The molecule has 2 N–H and O–H groups in total. The summed E-state index contributed by atoms with van der Waals surface area (Å²) in [5, 5.41) is 6.59. The molecule has 1 aromatic carbocycles. The Morgan fingerprint density at radius 2 is 1.87 bits per heavy atom. The number of nitrogens with zero attached hydrogens (tertiary/aromatic N) is 5. The monoisotopic (exact) mass is 409 g/mol. The van der Waals surface area contributed by atoms with Gasteiger partial charge in [0.1, 0.15) is 11.5 Å². The molecule has 0 unspecified atom stereocenters. The first-order chi connectivity index (χ1) is 14.4. The van der Waals surface area contributed by atoms with E-state index in [0.717, 1.165) is 37.7 Å². The number of piperazine rings is 1. The van der Waals surface area contributed by atoms with Gasteiger partial charge in [0, 0.05) is 43.6 Å². The van der Waals surface area contributed by atoms with Crippen molar-refractivity contribution >= 4 is 17.3 Å². The van der Waals surface area contributed by atoms with E-state index >= 15 is 0 Å². The number of nitrogens with one attached hydrogen (secondary N) is 2. The highest BCUT2D eigenvalue weighted by Crippen LogP contribution is 2.28. The number of halogens is 1. The van der Waals surface area contributed by atoms with Crippen LogP contribution in [0.5, 0.6) is 0 Å². The predicted molar refractivity (Wildman–Crippen MR) is 118 cm³/mol. The van der Waals surface area contributed by atoms with Gasteiger partial charge in [-0.25, -0.2) is 19.3 Å². The first-order valence-corrected chi connectivity index (χ1v) is 10.3. The fourth-order valence-corrected chi connectivity index (χ4v) is 4.01. The van der Waals surface area contributed by atoms with Crippen LogP contribution in [0.15, 0.2) is 30.6 Å². The molecule has 0 atom stereocenters. The molecule has 4 rings (SSSR count). The van der Waals surface area contributed by atoms with Crippen molar-refractivity contribution in [1.29, 1.82) is 0 Å². The number of benzene rings is 1. The van der Waals surface area contributed by atoms with Crippen LogP contribution in [-0.2, 0) is 0 Å². The van der Waals surface area contributed by atoms with Gasteiger partial charge in [0.15, 0.2) is 5.82 Å². The van der Waals surface area contributed by atoms with Crippen molar-refractivity contribution in [2.75, 3.05) is 36.4 Å². The summed E-state index contributed by atoms with van der Waals surface area (Å²) >= 11 is 0. The standard InChI is InChI=1S/C22H28FN7/c1-14(2)30-16(4)25-13-20(30)21-18(23)12-26-22(28-21)27-17-5-6-19(15(3)11-17)29-9-7-24-8-10-29/h5-6,11-14,24H,7-10H2,1-4H3,(H,26,27,28). The van der Waals surface area contributed by atoms with Crippen molar-refractivity contribution in [1.82, 2.24) is 24.8 Å². The first-order valence-electron chi connectivity index (χ1n) is 10.3. The topological polar surface area (TPSA) is 70.9 Å². The Kier molecular flexibility index (Phi) is 5.67. The summed E-state index contributed by atoms with van der Waals surface area (Å²) in [6.45, 7) is 12.1. The molecule has 0 aliphatic carbocycles. The van der Waals surface area contributed by atoms with E-state index in [1.807, 2.05) is 31.4 Å². The van der Waals surface area contributed by atoms with Gasteiger partial charge < -0.3 is 20.1 Å². The van der Waals surface area contributed by atoms with E-state index in [1.54, 1.807) is 6.20 Å². The Balaban J connectivity index is 1.60. The number of hydrogen-bond acceptors (Lipinski definition) is 6. The number of rotatable bonds is 5. The summed E-state index contributed by atoms with van der Waals surface area (Å²) in [4.78, 5) is 15.3. The van der Waals surface area contributed by atoms with Crippen molar-refractivity contribution in [3.63, 3.8) is 0 Å². The Hall–Kier alpha value is -3.00. The number of aromatic nitrogens is 4. The van der Waals surface area contributed by atoms with E-state index in [0.29, 0.717) is 11.6 Å². The van der Waals surface area contributed by atoms with Crippen LogP contribution in [-0.4, -0.2) is 45.7 Å². The lowest BCUT2D eigenvalue weighted by atomic mass is 10.1. The van der Waals surface area contributed by atoms with Crippen LogP contribution in [0.3, 0.4) is 0 Å². The SMILES string of the molecule is Cc1cc(Nc2ncc(F)c(-c3cnc(C)n3C(C)C)n2)ccc1N1CCNCC1. The van der Waals surface area contributed by atoms with Crippen molar-refractivity contribution in [3.05, 3.63) is 47.8 Å². The highest BCUT2D eigenvalue weighted by molar-refractivity contribution is 5.65. The van der Waals surface area contributed by atoms with Gasteiger partial charge in [-0.3, -0.25) is 0 Å². The molecule has 0 radical (unpaired) electrons. The normalized spacial score (nSPS) is 14.4. The van der Waals surface area contributed by atoms with Gasteiger partial charge in [-0.1, -0.05) is 0 Å². The van der Waals surface area contributed by atoms with Crippen LogP contribution in [0.2, 0.25) is 0 Å². The third kappa shape index (κ3) is 4.00. The van der Waals surface area contributed by atoms with Crippen LogP contribution in [0, 0.1) is 19.7 Å². The Bertz CT molecular complexity index is 1040. The van der Waals surface area contributed by atoms with Crippen LogP contribution >= 0.6 is 0 Å². The zero-order chi connectivity index (χ0) is 21.3. The predicted octanol–water partition coefficient (Wildman–Crippen LogP) is 3.83. The van der Waals surface area contributed by atoms with Crippen molar-refractivity contribution in [2.45, 2.75) is 33.7 Å². The summed E-state index contributed by atoms with van der Waals surface area (Å²) in [6.07, 6.45) is 2.87. The van der Waals surface area contributed by atoms with E-state index in [1.165, 1.54) is 17.4 Å². The first kappa shape index (κ1) is 20.3. The minimum absolute atomic E-state index is 0.147. The fraction of sp³-hybridized carbons (Fsp3) is 0.409. The Morgan fingerprint density at radius 1 is 1.10 bits per heavy atom. The lowest BCUT2D eigenvalue weighted by Gasteiger charge is -2.30. The summed E-state index contributed by atoms with van der Waals surface area (Å²) in [5.74, 6) is 0.717. The lowest BCUT2D eigenvalue weighted by Crippen LogP contribution is -2.43. The Labute approximate surface area is 176 Å². The van der Waals surface area contributed by atoms with Crippen molar-refractivity contribution in [2.24, 2.45) is 0 Å². The average molecular weight is 410 g/mol. The molecule has 1 aliphatic heterocycles. The molecule has 0 spiro atoms. The number of imidazole rings is 1. The second-order valence-electron chi connectivity index (χ2n) is 7.91. The molecule has 1 saturated heterocycles. The second kappa shape index (κ2) is 8.39. The average Bonchev–Trinajstić information content (AvgIpc) is 3.12. The molecule has 1 fully saturated rings. The molecule has 0 amide bonds. The summed E-state index contributed by atoms with van der Waals surface area (Å²) < 4.78 is 16.5. The number of hydrogen-bond donors (Lipinski definition) is 2. The molecular weight excluding hydrogens is 381 g/mol. The van der Waals surface area contributed by atoms with Gasteiger partial charge in [0.25, 0.3) is 0 Å². The number of aryl methyl sites for hydroxylation is 2. The molecule has 0 saturated carbocycles. The van der Waals surface area contributed by atoms with Gasteiger partial charge in [-0.2, -0.15) is 0 Å².